The van der Waals surface area contributed by atoms with Gasteiger partial charge < -0.3 is 19.6 Å². The first kappa shape index (κ1) is 21.0. The number of halogens is 3. The molecule has 1 fully saturated rings. The number of ether oxygens (including phenoxy) is 1. The van der Waals surface area contributed by atoms with Crippen molar-refractivity contribution in [3.63, 3.8) is 0 Å². The molecule has 0 radical (unpaired) electrons. The number of benzene rings is 2. The Morgan fingerprint density at radius 1 is 1.20 bits per heavy atom. The lowest BCUT2D eigenvalue weighted by molar-refractivity contribution is 0.0491. The SMILES string of the molecule is Cc1cc(I)ccc1N1COC(=O)c2cc(C(=O)N3CCC(O)CC3)c(F)c(F)c21. The predicted octanol–water partition coefficient (Wildman–Crippen LogP) is 3.74. The number of carbonyl (C=O) groups excluding carboxylic acids is 2. The summed E-state index contributed by atoms with van der Waals surface area (Å²) in [5.74, 6) is -4.09. The van der Waals surface area contributed by atoms with Gasteiger partial charge in [-0.1, -0.05) is 0 Å². The summed E-state index contributed by atoms with van der Waals surface area (Å²) in [6.07, 6.45) is 0.214. The number of anilines is 2. The van der Waals surface area contributed by atoms with Crippen LogP contribution in [0.5, 0.6) is 0 Å². The Hall–Kier alpha value is -2.27. The van der Waals surface area contributed by atoms with E-state index in [0.717, 1.165) is 15.2 Å². The lowest BCUT2D eigenvalue weighted by Crippen LogP contribution is -2.41. The number of aliphatic hydroxyl groups is 1. The second kappa shape index (κ2) is 8.10. The van der Waals surface area contributed by atoms with Crippen LogP contribution >= 0.6 is 22.6 Å². The summed E-state index contributed by atoms with van der Waals surface area (Å²) < 4.78 is 36.4. The van der Waals surface area contributed by atoms with Crippen molar-refractivity contribution in [1.82, 2.24) is 4.90 Å². The van der Waals surface area contributed by atoms with Crippen LogP contribution < -0.4 is 4.90 Å². The van der Waals surface area contributed by atoms with Crippen molar-refractivity contribution in [2.75, 3.05) is 24.7 Å². The Morgan fingerprint density at radius 2 is 1.90 bits per heavy atom. The number of hydrogen-bond donors (Lipinski definition) is 1. The van der Waals surface area contributed by atoms with Crippen LogP contribution in [-0.4, -0.2) is 47.8 Å². The summed E-state index contributed by atoms with van der Waals surface area (Å²) in [5, 5.41) is 9.61. The van der Waals surface area contributed by atoms with E-state index >= 15 is 8.78 Å². The van der Waals surface area contributed by atoms with Crippen molar-refractivity contribution >= 4 is 45.8 Å². The average Bonchev–Trinajstić information content (AvgIpc) is 2.71. The third kappa shape index (κ3) is 3.64. The maximum absolute atomic E-state index is 15.2. The molecule has 0 unspecified atom stereocenters. The molecule has 2 heterocycles. The number of carbonyl (C=O) groups is 2. The number of amides is 1. The van der Waals surface area contributed by atoms with Crippen molar-refractivity contribution in [3.05, 3.63) is 56.2 Å². The van der Waals surface area contributed by atoms with Gasteiger partial charge in [0.2, 0.25) is 0 Å². The monoisotopic (exact) mass is 528 g/mol. The molecule has 6 nitrogen and oxygen atoms in total. The molecule has 0 spiro atoms. The molecule has 9 heteroatoms. The Balaban J connectivity index is 1.78. The lowest BCUT2D eigenvalue weighted by atomic mass is 10.0. The van der Waals surface area contributed by atoms with Crippen LogP contribution in [0, 0.1) is 22.1 Å². The highest BCUT2D eigenvalue weighted by molar-refractivity contribution is 14.1. The maximum atomic E-state index is 15.2. The Bertz CT molecular complexity index is 1040. The number of esters is 1. The average molecular weight is 528 g/mol. The Labute approximate surface area is 185 Å². The molecule has 0 saturated carbocycles. The van der Waals surface area contributed by atoms with Crippen LogP contribution in [0.1, 0.15) is 39.1 Å². The molecule has 30 heavy (non-hydrogen) atoms. The van der Waals surface area contributed by atoms with Gasteiger partial charge in [-0.15, -0.1) is 0 Å². The maximum Gasteiger partial charge on any atom is 0.342 e. The van der Waals surface area contributed by atoms with Gasteiger partial charge >= 0.3 is 5.97 Å². The van der Waals surface area contributed by atoms with Crippen LogP contribution in [0.3, 0.4) is 0 Å². The molecule has 2 aromatic carbocycles. The van der Waals surface area contributed by atoms with Gasteiger partial charge in [0.25, 0.3) is 5.91 Å². The first-order valence-corrected chi connectivity index (χ1v) is 10.6. The fourth-order valence-corrected chi connectivity index (χ4v) is 4.45. The van der Waals surface area contributed by atoms with E-state index in [-0.39, 0.29) is 31.1 Å². The Kier molecular flexibility index (Phi) is 5.67. The van der Waals surface area contributed by atoms with Crippen LogP contribution in [0.2, 0.25) is 0 Å². The van der Waals surface area contributed by atoms with Gasteiger partial charge in [0.05, 0.1) is 22.9 Å². The normalized spacial score (nSPS) is 17.0. The van der Waals surface area contributed by atoms with Crippen molar-refractivity contribution in [3.8, 4) is 0 Å². The highest BCUT2D eigenvalue weighted by Crippen LogP contribution is 2.39. The number of aliphatic hydroxyl groups excluding tert-OH is 1. The number of cyclic esters (lactones) is 1. The van der Waals surface area contributed by atoms with Gasteiger partial charge in [0.1, 0.15) is 0 Å². The van der Waals surface area contributed by atoms with E-state index in [4.69, 9.17) is 4.74 Å². The second-order valence-corrected chi connectivity index (χ2v) is 8.64. The number of likely N-dealkylation sites (tertiary alicyclic amines) is 1. The number of aryl methyl sites for hydroxylation is 1. The van der Waals surface area contributed by atoms with Gasteiger partial charge in [0.15, 0.2) is 18.4 Å². The molecule has 0 bridgehead atoms. The summed E-state index contributed by atoms with van der Waals surface area (Å²) in [7, 11) is 0. The molecule has 2 aliphatic heterocycles. The van der Waals surface area contributed by atoms with E-state index in [0.29, 0.717) is 18.5 Å². The second-order valence-electron chi connectivity index (χ2n) is 7.39. The van der Waals surface area contributed by atoms with Gasteiger partial charge in [-0.05, 0) is 72.2 Å². The van der Waals surface area contributed by atoms with E-state index < -0.39 is 35.2 Å². The molecule has 2 aliphatic rings. The van der Waals surface area contributed by atoms with E-state index in [9.17, 15) is 14.7 Å². The first-order valence-electron chi connectivity index (χ1n) is 9.48. The molecular formula is C21H19F2IN2O4. The molecule has 1 saturated heterocycles. The lowest BCUT2D eigenvalue weighted by Gasteiger charge is -2.33. The van der Waals surface area contributed by atoms with Crippen molar-refractivity contribution in [1.29, 1.82) is 0 Å². The third-order valence-corrected chi connectivity index (χ3v) is 6.10. The van der Waals surface area contributed by atoms with Crippen molar-refractivity contribution in [2.45, 2.75) is 25.9 Å². The highest BCUT2D eigenvalue weighted by atomic mass is 127. The van der Waals surface area contributed by atoms with Gasteiger partial charge in [-0.25, -0.2) is 13.6 Å². The minimum atomic E-state index is -1.30. The molecule has 0 aliphatic carbocycles. The number of rotatable bonds is 2. The first-order chi connectivity index (χ1) is 14.3. The van der Waals surface area contributed by atoms with Crippen LogP contribution in [0.25, 0.3) is 0 Å². The number of piperidine rings is 1. The van der Waals surface area contributed by atoms with Crippen molar-refractivity contribution < 1.29 is 28.2 Å². The van der Waals surface area contributed by atoms with Gasteiger partial charge in [-0.3, -0.25) is 4.79 Å². The molecule has 1 amide bonds. The summed E-state index contributed by atoms with van der Waals surface area (Å²) in [6, 6.07) is 6.51. The zero-order chi connectivity index (χ0) is 21.6. The van der Waals surface area contributed by atoms with Crippen LogP contribution in [0.15, 0.2) is 24.3 Å². The van der Waals surface area contributed by atoms with Gasteiger partial charge in [0, 0.05) is 22.3 Å². The molecule has 158 valence electrons. The smallest absolute Gasteiger partial charge is 0.342 e. The molecule has 2 aromatic rings. The fourth-order valence-electron chi connectivity index (χ4n) is 3.81. The zero-order valence-corrected chi connectivity index (χ0v) is 18.3. The summed E-state index contributed by atoms with van der Waals surface area (Å²) in [6.45, 7) is 2.03. The largest absolute Gasteiger partial charge is 0.440 e. The fraction of sp³-hybridized carbons (Fsp3) is 0.333. The van der Waals surface area contributed by atoms with Crippen molar-refractivity contribution in [2.24, 2.45) is 0 Å². The number of nitrogens with zero attached hydrogens (tertiary/aromatic N) is 2. The van der Waals surface area contributed by atoms with Crippen LogP contribution in [-0.2, 0) is 4.74 Å². The van der Waals surface area contributed by atoms with E-state index in [1.54, 1.807) is 6.07 Å². The standard InChI is InChI=1S/C21H19F2IN2O4/c1-11-8-12(24)2-3-16(11)26-10-30-21(29)15-9-14(17(22)18(23)19(15)26)20(28)25-6-4-13(27)5-7-25/h2-3,8-9,13,27H,4-7,10H2,1H3. The minimum absolute atomic E-state index is 0.196. The molecule has 0 atom stereocenters. The van der Waals surface area contributed by atoms with E-state index in [1.807, 2.05) is 19.1 Å². The minimum Gasteiger partial charge on any atom is -0.440 e. The molecule has 1 N–H and O–H groups in total. The summed E-state index contributed by atoms with van der Waals surface area (Å²) in [5.41, 5.74) is 0.433. The number of fused-ring (bicyclic) bond motifs is 1. The molecule has 4 rings (SSSR count). The molecular weight excluding hydrogens is 509 g/mol. The molecule has 0 aromatic heterocycles. The zero-order valence-electron chi connectivity index (χ0n) is 16.1. The predicted molar refractivity (Wildman–Crippen MR) is 114 cm³/mol. The van der Waals surface area contributed by atoms with Crippen LogP contribution in [0.4, 0.5) is 20.2 Å². The number of hydrogen-bond acceptors (Lipinski definition) is 5. The van der Waals surface area contributed by atoms with Gasteiger partial charge in [-0.2, -0.15) is 0 Å². The summed E-state index contributed by atoms with van der Waals surface area (Å²) >= 11 is 2.15. The topological polar surface area (TPSA) is 70.1 Å². The van der Waals surface area contributed by atoms with E-state index in [2.05, 4.69) is 22.6 Å². The Morgan fingerprint density at radius 3 is 2.57 bits per heavy atom. The third-order valence-electron chi connectivity index (χ3n) is 5.43. The summed E-state index contributed by atoms with van der Waals surface area (Å²) in [4.78, 5) is 27.9. The quantitative estimate of drug-likeness (QED) is 0.476. The van der Waals surface area contributed by atoms with E-state index in [1.165, 1.54) is 9.80 Å². The highest BCUT2D eigenvalue weighted by Gasteiger charge is 2.35.